The quantitative estimate of drug-likeness (QED) is 0.665. The van der Waals surface area contributed by atoms with Crippen LogP contribution in [0.5, 0.6) is 0 Å². The Morgan fingerprint density at radius 3 is 2.74 bits per heavy atom. The number of ether oxygens (including phenoxy) is 2. The Bertz CT molecular complexity index is 381. The molecule has 2 saturated heterocycles. The summed E-state index contributed by atoms with van der Waals surface area (Å²) >= 11 is 0. The van der Waals surface area contributed by atoms with E-state index in [1.807, 2.05) is 0 Å². The first kappa shape index (κ1) is 11.6. The van der Waals surface area contributed by atoms with Crippen LogP contribution < -0.4 is 0 Å². The van der Waals surface area contributed by atoms with Crippen molar-refractivity contribution in [1.29, 1.82) is 0 Å². The monoisotopic (exact) mass is 262 g/mol. The normalized spacial score (nSPS) is 59.4. The van der Waals surface area contributed by atoms with Gasteiger partial charge in [0.2, 0.25) is 0 Å². The third kappa shape index (κ3) is 1.35. The highest BCUT2D eigenvalue weighted by atomic mass is 16.5. The van der Waals surface area contributed by atoms with Crippen LogP contribution in [0.25, 0.3) is 0 Å². The molecule has 106 valence electrons. The van der Waals surface area contributed by atoms with Crippen LogP contribution in [0.1, 0.15) is 57.8 Å². The van der Waals surface area contributed by atoms with Gasteiger partial charge in [0, 0.05) is 5.92 Å². The molecule has 2 bridgehead atoms. The third-order valence-electron chi connectivity index (χ3n) is 7.33. The molecule has 19 heavy (non-hydrogen) atoms. The van der Waals surface area contributed by atoms with E-state index >= 15 is 0 Å². The second-order valence-corrected chi connectivity index (χ2v) is 7.78. The molecular formula is C17H26O2. The Hall–Kier alpha value is -0.0800. The van der Waals surface area contributed by atoms with Crippen LogP contribution in [0, 0.1) is 23.2 Å². The second kappa shape index (κ2) is 3.98. The number of rotatable bonds is 0. The van der Waals surface area contributed by atoms with Gasteiger partial charge in [-0.05, 0) is 62.2 Å². The maximum atomic E-state index is 6.60. The zero-order valence-corrected chi connectivity index (χ0v) is 11.9. The Kier molecular flexibility index (Phi) is 2.42. The average molecular weight is 262 g/mol. The predicted molar refractivity (Wildman–Crippen MR) is 72.9 cm³/mol. The SMILES string of the molecule is C1CC2OCC3CCC4OC(C1)C2C31CCCCC41. The van der Waals surface area contributed by atoms with Gasteiger partial charge in [-0.3, -0.25) is 0 Å². The number of hydrogen-bond donors (Lipinski definition) is 0. The van der Waals surface area contributed by atoms with E-state index < -0.39 is 0 Å². The van der Waals surface area contributed by atoms with Gasteiger partial charge >= 0.3 is 0 Å². The van der Waals surface area contributed by atoms with Gasteiger partial charge in [0.1, 0.15) is 0 Å². The summed E-state index contributed by atoms with van der Waals surface area (Å²) in [5, 5.41) is 0. The minimum atomic E-state index is 0.537. The van der Waals surface area contributed by atoms with Crippen LogP contribution in [-0.4, -0.2) is 24.9 Å². The fourth-order valence-corrected chi connectivity index (χ4v) is 6.83. The van der Waals surface area contributed by atoms with Gasteiger partial charge < -0.3 is 9.47 Å². The lowest BCUT2D eigenvalue weighted by Gasteiger charge is -2.68. The second-order valence-electron chi connectivity index (χ2n) is 7.78. The molecule has 5 rings (SSSR count). The van der Waals surface area contributed by atoms with Crippen molar-refractivity contribution in [2.75, 3.05) is 6.61 Å². The van der Waals surface area contributed by atoms with E-state index in [0.717, 1.165) is 24.4 Å². The molecule has 5 fully saturated rings. The third-order valence-corrected chi connectivity index (χ3v) is 7.33. The van der Waals surface area contributed by atoms with Gasteiger partial charge in [-0.15, -0.1) is 0 Å². The molecule has 7 unspecified atom stereocenters. The standard InChI is InChI=1S/C17H26O2/c1-2-9-17-11-7-8-13(12(17)4-1)19-15-6-3-5-14(16(15)17)18-10-11/h11-16H,1-10H2. The molecule has 2 nitrogen and oxygen atoms in total. The molecule has 3 saturated carbocycles. The Morgan fingerprint density at radius 1 is 0.789 bits per heavy atom. The molecule has 5 aliphatic rings. The van der Waals surface area contributed by atoms with Crippen molar-refractivity contribution in [1.82, 2.24) is 0 Å². The largest absolute Gasteiger partial charge is 0.377 e. The summed E-state index contributed by atoms with van der Waals surface area (Å²) in [4.78, 5) is 0. The van der Waals surface area contributed by atoms with Crippen molar-refractivity contribution in [3.8, 4) is 0 Å². The summed E-state index contributed by atoms with van der Waals surface area (Å²) in [6.45, 7) is 1.07. The Morgan fingerprint density at radius 2 is 1.74 bits per heavy atom. The minimum absolute atomic E-state index is 0.537. The summed E-state index contributed by atoms with van der Waals surface area (Å²) in [5.41, 5.74) is 0.632. The van der Waals surface area contributed by atoms with E-state index in [1.165, 1.54) is 57.8 Å². The van der Waals surface area contributed by atoms with Crippen LogP contribution in [0.3, 0.4) is 0 Å². The predicted octanol–water partition coefficient (Wildman–Crippen LogP) is 3.54. The van der Waals surface area contributed by atoms with Crippen LogP contribution in [0.2, 0.25) is 0 Å². The molecule has 7 atom stereocenters. The van der Waals surface area contributed by atoms with Gasteiger partial charge in [0.15, 0.2) is 0 Å². The van der Waals surface area contributed by atoms with Crippen LogP contribution in [0.4, 0.5) is 0 Å². The van der Waals surface area contributed by atoms with Crippen LogP contribution in [-0.2, 0) is 9.47 Å². The molecule has 2 heteroatoms. The Balaban J connectivity index is 1.64. The molecule has 1 spiro atoms. The zero-order valence-electron chi connectivity index (χ0n) is 11.9. The smallest absolute Gasteiger partial charge is 0.0637 e. The molecule has 0 aromatic rings. The highest BCUT2D eigenvalue weighted by molar-refractivity contribution is 5.13. The summed E-state index contributed by atoms with van der Waals surface area (Å²) in [6.07, 6.45) is 14.1. The van der Waals surface area contributed by atoms with Gasteiger partial charge in [-0.25, -0.2) is 0 Å². The molecule has 3 aliphatic carbocycles. The van der Waals surface area contributed by atoms with Crippen molar-refractivity contribution in [2.45, 2.75) is 76.1 Å². The van der Waals surface area contributed by atoms with Gasteiger partial charge in [0.05, 0.1) is 24.9 Å². The summed E-state index contributed by atoms with van der Waals surface area (Å²) in [7, 11) is 0. The molecule has 2 aliphatic heterocycles. The molecule has 0 radical (unpaired) electrons. The highest BCUT2D eigenvalue weighted by Crippen LogP contribution is 2.66. The summed E-state index contributed by atoms with van der Waals surface area (Å²) in [5.74, 6) is 2.49. The maximum Gasteiger partial charge on any atom is 0.0637 e. The van der Waals surface area contributed by atoms with E-state index in [9.17, 15) is 0 Å². The highest BCUT2D eigenvalue weighted by Gasteiger charge is 2.65. The summed E-state index contributed by atoms with van der Waals surface area (Å²) < 4.78 is 12.9. The molecular weight excluding hydrogens is 236 g/mol. The van der Waals surface area contributed by atoms with E-state index in [0.29, 0.717) is 23.7 Å². The van der Waals surface area contributed by atoms with E-state index in [-0.39, 0.29) is 0 Å². The maximum absolute atomic E-state index is 6.60. The summed E-state index contributed by atoms with van der Waals surface area (Å²) in [6, 6.07) is 0. The van der Waals surface area contributed by atoms with Crippen molar-refractivity contribution in [2.24, 2.45) is 23.2 Å². The van der Waals surface area contributed by atoms with Crippen molar-refractivity contribution >= 4 is 0 Å². The van der Waals surface area contributed by atoms with Crippen molar-refractivity contribution in [3.05, 3.63) is 0 Å². The number of hydrogen-bond acceptors (Lipinski definition) is 2. The lowest BCUT2D eigenvalue weighted by molar-refractivity contribution is -0.312. The van der Waals surface area contributed by atoms with Gasteiger partial charge in [0.25, 0.3) is 0 Å². The van der Waals surface area contributed by atoms with Crippen molar-refractivity contribution < 1.29 is 9.47 Å². The topological polar surface area (TPSA) is 18.5 Å². The first-order valence-corrected chi connectivity index (χ1v) is 8.66. The van der Waals surface area contributed by atoms with Crippen LogP contribution in [0.15, 0.2) is 0 Å². The van der Waals surface area contributed by atoms with E-state index in [4.69, 9.17) is 9.47 Å². The van der Waals surface area contributed by atoms with Crippen molar-refractivity contribution in [3.63, 3.8) is 0 Å². The van der Waals surface area contributed by atoms with E-state index in [2.05, 4.69) is 0 Å². The molecule has 0 aromatic carbocycles. The zero-order chi connectivity index (χ0) is 12.4. The fraction of sp³-hybridized carbons (Fsp3) is 1.00. The Labute approximate surface area is 116 Å². The first-order chi connectivity index (χ1) is 9.39. The fourth-order valence-electron chi connectivity index (χ4n) is 6.83. The van der Waals surface area contributed by atoms with Gasteiger partial charge in [-0.2, -0.15) is 0 Å². The molecule has 0 aromatic heterocycles. The lowest BCUT2D eigenvalue weighted by atomic mass is 9.44. The lowest BCUT2D eigenvalue weighted by Crippen LogP contribution is -2.69. The molecule has 2 heterocycles. The van der Waals surface area contributed by atoms with E-state index in [1.54, 1.807) is 0 Å². The molecule has 0 amide bonds. The first-order valence-electron chi connectivity index (χ1n) is 8.66. The minimum Gasteiger partial charge on any atom is -0.377 e. The van der Waals surface area contributed by atoms with Gasteiger partial charge in [-0.1, -0.05) is 12.8 Å². The molecule has 0 N–H and O–H groups in total. The van der Waals surface area contributed by atoms with Crippen LogP contribution >= 0.6 is 0 Å². The average Bonchev–Trinajstić information content (AvgIpc) is 2.46.